The summed E-state index contributed by atoms with van der Waals surface area (Å²) < 4.78 is 1.79. The zero-order valence-corrected chi connectivity index (χ0v) is 21.0. The van der Waals surface area contributed by atoms with Gasteiger partial charge in [-0.05, 0) is 0 Å². The van der Waals surface area contributed by atoms with Gasteiger partial charge in [0, 0.05) is 0 Å². The third kappa shape index (κ3) is 3.27. The van der Waals surface area contributed by atoms with Crippen LogP contribution in [0.15, 0.2) is 12.1 Å². The van der Waals surface area contributed by atoms with E-state index in [0.29, 0.717) is 0 Å². The molecule has 0 N–H and O–H groups in total. The van der Waals surface area contributed by atoms with Crippen molar-refractivity contribution < 1.29 is 0 Å². The molecule has 2 aromatic rings. The van der Waals surface area contributed by atoms with E-state index in [1.807, 2.05) is 5.19 Å². The number of rotatable bonds is 6. The SMILES string of the molecule is CCCCCC[Si]1(C)c2cc(C)sc2-c2s[c]([Sn]([CH3])([CH3])[CH3])cc21. The topological polar surface area (TPSA) is 0 Å². The zero-order valence-electron chi connectivity index (χ0n) is 15.5. The van der Waals surface area contributed by atoms with Gasteiger partial charge in [-0.2, -0.15) is 0 Å². The van der Waals surface area contributed by atoms with Gasteiger partial charge in [0.05, 0.1) is 0 Å². The fraction of sp³-hybridized carbons (Fsp3) is 0.579. The molecule has 0 aromatic carbocycles. The van der Waals surface area contributed by atoms with Gasteiger partial charge in [0.2, 0.25) is 0 Å². The average molecular weight is 469 g/mol. The maximum absolute atomic E-state index is 2.68. The van der Waals surface area contributed by atoms with Crippen LogP contribution in [0.5, 0.6) is 0 Å². The summed E-state index contributed by atoms with van der Waals surface area (Å²) in [5.41, 5.74) is 0. The molecule has 0 aliphatic carbocycles. The molecule has 2 aromatic heterocycles. The molecule has 0 saturated heterocycles. The van der Waals surface area contributed by atoms with Crippen molar-refractivity contribution in [3.8, 4) is 9.75 Å². The first-order valence-electron chi connectivity index (χ1n) is 9.03. The summed E-state index contributed by atoms with van der Waals surface area (Å²) in [7, 11) is -1.46. The Hall–Kier alpha value is 0.416. The molecule has 3 heterocycles. The van der Waals surface area contributed by atoms with E-state index in [1.54, 1.807) is 17.8 Å². The van der Waals surface area contributed by atoms with Crippen LogP contribution in [-0.2, 0) is 0 Å². The Morgan fingerprint density at radius 2 is 1.61 bits per heavy atom. The van der Waals surface area contributed by atoms with Crippen LogP contribution in [0.4, 0.5) is 0 Å². The van der Waals surface area contributed by atoms with Gasteiger partial charge in [-0.3, -0.25) is 0 Å². The van der Waals surface area contributed by atoms with Crippen LogP contribution in [0, 0.1) is 6.92 Å². The third-order valence-corrected chi connectivity index (χ3v) is 21.9. The quantitative estimate of drug-likeness (QED) is 0.392. The van der Waals surface area contributed by atoms with E-state index < -0.39 is 26.5 Å². The molecule has 0 radical (unpaired) electrons. The van der Waals surface area contributed by atoms with Crippen molar-refractivity contribution in [2.75, 3.05) is 0 Å². The Kier molecular flexibility index (Phi) is 5.24. The van der Waals surface area contributed by atoms with Gasteiger partial charge in [0.25, 0.3) is 0 Å². The standard InChI is InChI=1S/C16H21S2Si.3CH3.Sn/c1-4-5-6-7-10-19(3)13-8-9-17-15(13)16-14(19)11-12(2)18-16;;;;/h8,11H,4-7,10H2,1-3H3;3*1H3;. The molecule has 3 rings (SSSR count). The fourth-order valence-corrected chi connectivity index (χ4v) is 17.6. The van der Waals surface area contributed by atoms with Gasteiger partial charge >= 0.3 is 156 Å². The second-order valence-electron chi connectivity index (χ2n) is 8.35. The number of thiophene rings is 2. The van der Waals surface area contributed by atoms with Gasteiger partial charge < -0.3 is 0 Å². The molecule has 0 amide bonds. The van der Waals surface area contributed by atoms with Crippen LogP contribution in [0.2, 0.25) is 27.4 Å². The van der Waals surface area contributed by atoms with Crippen molar-refractivity contribution in [1.82, 2.24) is 0 Å². The van der Waals surface area contributed by atoms with Crippen molar-refractivity contribution in [2.45, 2.75) is 66.9 Å². The molecule has 0 saturated carbocycles. The molecule has 1 aliphatic rings. The molecule has 23 heavy (non-hydrogen) atoms. The molecule has 1 aliphatic heterocycles. The first kappa shape index (κ1) is 18.2. The van der Waals surface area contributed by atoms with E-state index >= 15 is 0 Å². The molecule has 0 fully saturated rings. The van der Waals surface area contributed by atoms with Crippen molar-refractivity contribution in [2.24, 2.45) is 0 Å². The Morgan fingerprint density at radius 3 is 2.26 bits per heavy atom. The van der Waals surface area contributed by atoms with Gasteiger partial charge in [-0.25, -0.2) is 0 Å². The first-order chi connectivity index (χ1) is 10.8. The summed E-state index contributed by atoms with van der Waals surface area (Å²) in [6.45, 7) is 7.27. The van der Waals surface area contributed by atoms with Crippen LogP contribution in [0.25, 0.3) is 9.75 Å². The van der Waals surface area contributed by atoms with Crippen molar-refractivity contribution in [3.63, 3.8) is 0 Å². The number of aryl methyl sites for hydroxylation is 1. The minimum atomic E-state index is -1.96. The first-order valence-corrected chi connectivity index (χ1v) is 23.4. The molecule has 0 spiro atoms. The summed E-state index contributed by atoms with van der Waals surface area (Å²) in [5, 5.41) is 3.58. The Bertz CT molecular complexity index is 708. The molecule has 1 atom stereocenters. The van der Waals surface area contributed by atoms with E-state index in [9.17, 15) is 0 Å². The zero-order chi connectivity index (χ0) is 16.8. The molecule has 4 heteroatoms. The molecule has 0 nitrogen and oxygen atoms in total. The monoisotopic (exact) mass is 470 g/mol. The predicted molar refractivity (Wildman–Crippen MR) is 115 cm³/mol. The van der Waals surface area contributed by atoms with E-state index in [1.165, 1.54) is 36.6 Å². The summed E-state index contributed by atoms with van der Waals surface area (Å²) in [6.07, 6.45) is 5.59. The van der Waals surface area contributed by atoms with Crippen LogP contribution >= 0.6 is 22.7 Å². The molecular formula is C19H30S2SiSn. The fourth-order valence-electron chi connectivity index (χ4n) is 3.75. The normalized spacial score (nSPS) is 19.9. The van der Waals surface area contributed by atoms with E-state index in [0.717, 1.165) is 0 Å². The molecular weight excluding hydrogens is 439 g/mol. The van der Waals surface area contributed by atoms with Crippen molar-refractivity contribution >= 4 is 62.4 Å². The second-order valence-corrected chi connectivity index (χ2v) is 30.3. The van der Waals surface area contributed by atoms with Crippen molar-refractivity contribution in [3.05, 3.63) is 17.0 Å². The van der Waals surface area contributed by atoms with Crippen molar-refractivity contribution in [1.29, 1.82) is 0 Å². The number of hydrogen-bond acceptors (Lipinski definition) is 2. The minimum absolute atomic E-state index is 1.34. The van der Waals surface area contributed by atoms with E-state index in [-0.39, 0.29) is 0 Å². The number of unbranched alkanes of at least 4 members (excludes halogenated alkanes) is 3. The molecule has 126 valence electrons. The van der Waals surface area contributed by atoms with Gasteiger partial charge in [0.15, 0.2) is 0 Å². The summed E-state index contributed by atoms with van der Waals surface area (Å²) >= 11 is 2.27. The van der Waals surface area contributed by atoms with E-state index in [4.69, 9.17) is 0 Å². The summed E-state index contributed by atoms with van der Waals surface area (Å²) in [5.74, 6) is 0. The van der Waals surface area contributed by atoms with Gasteiger partial charge in [-0.15, -0.1) is 0 Å². The Balaban J connectivity index is 2.01. The molecule has 1 unspecified atom stereocenters. The summed E-state index contributed by atoms with van der Waals surface area (Å²) in [6, 6.07) is 6.68. The number of hydrogen-bond donors (Lipinski definition) is 0. The third-order valence-electron chi connectivity index (χ3n) is 5.25. The van der Waals surface area contributed by atoms with Crippen LogP contribution in [-0.4, -0.2) is 26.5 Å². The van der Waals surface area contributed by atoms with Crippen LogP contribution in [0.1, 0.15) is 37.5 Å². The molecule has 0 bridgehead atoms. The summed E-state index contributed by atoms with van der Waals surface area (Å²) in [4.78, 5) is 12.6. The second kappa shape index (κ2) is 6.62. The van der Waals surface area contributed by atoms with Gasteiger partial charge in [0.1, 0.15) is 0 Å². The van der Waals surface area contributed by atoms with Gasteiger partial charge in [-0.1, -0.05) is 0 Å². The Morgan fingerprint density at radius 1 is 0.957 bits per heavy atom. The number of fused-ring (bicyclic) bond motifs is 3. The van der Waals surface area contributed by atoms with Crippen LogP contribution in [0.3, 0.4) is 0 Å². The van der Waals surface area contributed by atoms with E-state index in [2.05, 4.69) is 70.0 Å². The van der Waals surface area contributed by atoms with Crippen LogP contribution < -0.4 is 13.3 Å². The average Bonchev–Trinajstić information content (AvgIpc) is 3.10. The maximum atomic E-state index is 2.68. The Labute approximate surface area is 155 Å². The predicted octanol–water partition coefficient (Wildman–Crippen LogP) is 5.42.